The van der Waals surface area contributed by atoms with Gasteiger partial charge >= 0.3 is 0 Å². The van der Waals surface area contributed by atoms with Crippen molar-refractivity contribution >= 4 is 5.69 Å². The summed E-state index contributed by atoms with van der Waals surface area (Å²) in [6.45, 7) is 3.90. The highest BCUT2D eigenvalue weighted by atomic mass is 15.3. The molecular weight excluding hydrogens is 252 g/mol. The standard InChI is InChI=1S/C14H16N6/c1-2-19-7-3-4-13(19)9-16-12-5-6-14(17-8-12)20-11-15-10-18-20/h3-8,10-11,16H,2,9H2,1H3. The zero-order chi connectivity index (χ0) is 13.8. The van der Waals surface area contributed by atoms with Gasteiger partial charge in [0.2, 0.25) is 0 Å². The normalized spacial score (nSPS) is 10.7. The van der Waals surface area contributed by atoms with Gasteiger partial charge in [-0.2, -0.15) is 5.10 Å². The average molecular weight is 268 g/mol. The zero-order valence-corrected chi connectivity index (χ0v) is 11.3. The van der Waals surface area contributed by atoms with Gasteiger partial charge in [-0.1, -0.05) is 0 Å². The van der Waals surface area contributed by atoms with Gasteiger partial charge in [-0.15, -0.1) is 0 Å². The second-order valence-electron chi connectivity index (χ2n) is 4.38. The van der Waals surface area contributed by atoms with E-state index < -0.39 is 0 Å². The van der Waals surface area contributed by atoms with E-state index in [2.05, 4.69) is 50.2 Å². The fourth-order valence-electron chi connectivity index (χ4n) is 2.06. The van der Waals surface area contributed by atoms with Crippen LogP contribution in [-0.4, -0.2) is 24.3 Å². The second-order valence-corrected chi connectivity index (χ2v) is 4.38. The summed E-state index contributed by atoms with van der Waals surface area (Å²) in [5.41, 5.74) is 2.24. The van der Waals surface area contributed by atoms with Crippen LogP contribution in [0.25, 0.3) is 5.82 Å². The molecular formula is C14H16N6. The molecule has 0 radical (unpaired) electrons. The smallest absolute Gasteiger partial charge is 0.155 e. The van der Waals surface area contributed by atoms with E-state index in [4.69, 9.17) is 0 Å². The lowest BCUT2D eigenvalue weighted by Crippen LogP contribution is -2.06. The van der Waals surface area contributed by atoms with Crippen LogP contribution in [0.3, 0.4) is 0 Å². The van der Waals surface area contributed by atoms with Crippen molar-refractivity contribution in [2.24, 2.45) is 0 Å². The van der Waals surface area contributed by atoms with Gasteiger partial charge in [-0.3, -0.25) is 0 Å². The molecule has 0 aliphatic heterocycles. The third-order valence-electron chi connectivity index (χ3n) is 3.14. The van der Waals surface area contributed by atoms with E-state index in [1.54, 1.807) is 17.2 Å². The highest BCUT2D eigenvalue weighted by molar-refractivity contribution is 5.43. The van der Waals surface area contributed by atoms with Crippen LogP contribution in [-0.2, 0) is 13.1 Å². The van der Waals surface area contributed by atoms with Crippen LogP contribution in [0.1, 0.15) is 12.6 Å². The van der Waals surface area contributed by atoms with E-state index in [9.17, 15) is 0 Å². The fourth-order valence-corrected chi connectivity index (χ4v) is 2.06. The number of aromatic nitrogens is 5. The Morgan fingerprint density at radius 2 is 2.20 bits per heavy atom. The third-order valence-corrected chi connectivity index (χ3v) is 3.14. The van der Waals surface area contributed by atoms with Crippen LogP contribution in [0.5, 0.6) is 0 Å². The van der Waals surface area contributed by atoms with Crippen molar-refractivity contribution in [3.63, 3.8) is 0 Å². The summed E-state index contributed by atoms with van der Waals surface area (Å²) in [5.74, 6) is 0.755. The van der Waals surface area contributed by atoms with Crippen LogP contribution in [0.15, 0.2) is 49.3 Å². The molecule has 102 valence electrons. The lowest BCUT2D eigenvalue weighted by Gasteiger charge is -2.09. The molecule has 0 atom stereocenters. The molecule has 3 heterocycles. The van der Waals surface area contributed by atoms with Gasteiger partial charge in [0.25, 0.3) is 0 Å². The molecule has 20 heavy (non-hydrogen) atoms. The molecule has 1 N–H and O–H groups in total. The van der Waals surface area contributed by atoms with Crippen molar-refractivity contribution in [1.29, 1.82) is 0 Å². The number of anilines is 1. The highest BCUT2D eigenvalue weighted by Crippen LogP contribution is 2.11. The Kier molecular flexibility index (Phi) is 3.45. The van der Waals surface area contributed by atoms with Crippen molar-refractivity contribution in [1.82, 2.24) is 24.3 Å². The molecule has 3 aromatic rings. The first-order valence-corrected chi connectivity index (χ1v) is 6.56. The molecule has 3 aromatic heterocycles. The van der Waals surface area contributed by atoms with Crippen molar-refractivity contribution < 1.29 is 0 Å². The quantitative estimate of drug-likeness (QED) is 0.769. The minimum Gasteiger partial charge on any atom is -0.378 e. The van der Waals surface area contributed by atoms with Gasteiger partial charge in [-0.05, 0) is 31.2 Å². The Morgan fingerprint density at radius 1 is 1.25 bits per heavy atom. The van der Waals surface area contributed by atoms with Gasteiger partial charge in [0.05, 0.1) is 18.4 Å². The molecule has 0 amide bonds. The molecule has 6 nitrogen and oxygen atoms in total. The average Bonchev–Trinajstić information content (AvgIpc) is 3.16. The van der Waals surface area contributed by atoms with Gasteiger partial charge < -0.3 is 9.88 Å². The monoisotopic (exact) mass is 268 g/mol. The first-order chi connectivity index (χ1) is 9.86. The second kappa shape index (κ2) is 5.56. The topological polar surface area (TPSA) is 60.6 Å². The van der Waals surface area contributed by atoms with Gasteiger partial charge in [0.1, 0.15) is 12.7 Å². The molecule has 0 spiro atoms. The van der Waals surface area contributed by atoms with Gasteiger partial charge in [0.15, 0.2) is 5.82 Å². The Balaban J connectivity index is 1.67. The van der Waals surface area contributed by atoms with Gasteiger partial charge in [0, 0.05) is 18.4 Å². The SMILES string of the molecule is CCn1cccc1CNc1ccc(-n2cncn2)nc1. The molecule has 3 rings (SSSR count). The minimum absolute atomic E-state index is 0.755. The van der Waals surface area contributed by atoms with Gasteiger partial charge in [-0.25, -0.2) is 14.6 Å². The first-order valence-electron chi connectivity index (χ1n) is 6.56. The van der Waals surface area contributed by atoms with E-state index >= 15 is 0 Å². The lowest BCUT2D eigenvalue weighted by molar-refractivity contribution is 0.724. The Labute approximate surface area is 117 Å². The molecule has 0 aliphatic rings. The molecule has 0 aromatic carbocycles. The van der Waals surface area contributed by atoms with Crippen LogP contribution in [0, 0.1) is 0 Å². The van der Waals surface area contributed by atoms with Crippen molar-refractivity contribution in [3.8, 4) is 5.82 Å². The van der Waals surface area contributed by atoms with Crippen molar-refractivity contribution in [2.75, 3.05) is 5.32 Å². The van der Waals surface area contributed by atoms with E-state index in [1.807, 2.05) is 12.1 Å². The lowest BCUT2D eigenvalue weighted by atomic mass is 10.3. The number of nitrogens with one attached hydrogen (secondary N) is 1. The summed E-state index contributed by atoms with van der Waals surface area (Å²) in [6, 6.07) is 8.08. The predicted molar refractivity (Wildman–Crippen MR) is 76.6 cm³/mol. The highest BCUT2D eigenvalue weighted by Gasteiger charge is 2.01. The largest absolute Gasteiger partial charge is 0.378 e. The number of hydrogen-bond donors (Lipinski definition) is 1. The molecule has 0 unspecified atom stereocenters. The maximum atomic E-state index is 4.35. The third kappa shape index (κ3) is 2.54. The molecule has 0 saturated heterocycles. The minimum atomic E-state index is 0.755. The number of pyridine rings is 1. The molecule has 0 fully saturated rings. The number of rotatable bonds is 5. The first kappa shape index (κ1) is 12.4. The maximum Gasteiger partial charge on any atom is 0.155 e. The maximum absolute atomic E-state index is 4.35. The molecule has 6 heteroatoms. The Hall–Kier alpha value is -2.63. The van der Waals surface area contributed by atoms with Crippen molar-refractivity contribution in [2.45, 2.75) is 20.0 Å². The predicted octanol–water partition coefficient (Wildman–Crippen LogP) is 2.10. The van der Waals surface area contributed by atoms with Crippen LogP contribution in [0.2, 0.25) is 0 Å². The summed E-state index contributed by atoms with van der Waals surface area (Å²) in [6.07, 6.45) is 7.01. The van der Waals surface area contributed by atoms with E-state index in [0.717, 1.165) is 24.6 Å². The molecule has 0 bridgehead atoms. The zero-order valence-electron chi connectivity index (χ0n) is 11.3. The summed E-state index contributed by atoms with van der Waals surface area (Å²) in [4.78, 5) is 8.26. The van der Waals surface area contributed by atoms with E-state index in [-0.39, 0.29) is 0 Å². The summed E-state index contributed by atoms with van der Waals surface area (Å²) >= 11 is 0. The number of hydrogen-bond acceptors (Lipinski definition) is 4. The van der Waals surface area contributed by atoms with Crippen LogP contribution >= 0.6 is 0 Å². The summed E-state index contributed by atoms with van der Waals surface area (Å²) < 4.78 is 3.84. The van der Waals surface area contributed by atoms with Crippen LogP contribution in [0.4, 0.5) is 5.69 Å². The van der Waals surface area contributed by atoms with Crippen molar-refractivity contribution in [3.05, 3.63) is 55.0 Å². The summed E-state index contributed by atoms with van der Waals surface area (Å²) in [5, 5.41) is 7.41. The Bertz CT molecular complexity index is 653. The molecule has 0 aliphatic carbocycles. The molecule has 0 saturated carbocycles. The van der Waals surface area contributed by atoms with Crippen LogP contribution < -0.4 is 5.32 Å². The number of nitrogens with zero attached hydrogens (tertiary/aromatic N) is 5. The van der Waals surface area contributed by atoms with E-state index in [0.29, 0.717) is 0 Å². The van der Waals surface area contributed by atoms with E-state index in [1.165, 1.54) is 12.0 Å². The number of aryl methyl sites for hydroxylation is 1. The summed E-state index contributed by atoms with van der Waals surface area (Å²) in [7, 11) is 0. The Morgan fingerprint density at radius 3 is 2.90 bits per heavy atom. The fraction of sp³-hybridized carbons (Fsp3) is 0.214.